The van der Waals surface area contributed by atoms with Crippen molar-refractivity contribution in [1.29, 1.82) is 0 Å². The van der Waals surface area contributed by atoms with E-state index in [0.29, 0.717) is 47.8 Å². The van der Waals surface area contributed by atoms with Crippen molar-refractivity contribution in [3.63, 3.8) is 0 Å². The van der Waals surface area contributed by atoms with Crippen molar-refractivity contribution in [3.8, 4) is 0 Å². The molecule has 2 spiro atoms. The highest BCUT2D eigenvalue weighted by Gasteiger charge is 2.81. The molecule has 2 saturated carbocycles. The van der Waals surface area contributed by atoms with Gasteiger partial charge in [0.15, 0.2) is 6.23 Å². The summed E-state index contributed by atoms with van der Waals surface area (Å²) >= 11 is 0. The first-order valence-corrected chi connectivity index (χ1v) is 19.4. The molecule has 2 aromatic carbocycles. The highest BCUT2D eigenvalue weighted by molar-refractivity contribution is 5.72. The van der Waals surface area contributed by atoms with Gasteiger partial charge < -0.3 is 28.2 Å². The minimum absolute atomic E-state index is 0.0243. The first kappa shape index (κ1) is 27.4. The maximum Gasteiger partial charge on any atom is 0.177 e. The minimum Gasteiger partial charge on any atom is -0.478 e. The van der Waals surface area contributed by atoms with Crippen molar-refractivity contribution in [2.45, 2.75) is 73.1 Å². The van der Waals surface area contributed by atoms with Crippen molar-refractivity contribution in [2.24, 2.45) is 23.7 Å². The number of piperidine rings is 2. The molecule has 0 amide bonds. The zero-order chi connectivity index (χ0) is 32.1. The zero-order valence-electron chi connectivity index (χ0n) is 28.5. The molecule has 14 atom stereocenters. The summed E-state index contributed by atoms with van der Waals surface area (Å²) in [6.45, 7) is 16.2. The number of hydrogen-bond acceptors (Lipinski definition) is 4. The number of quaternary nitrogens is 2. The molecule has 9 aliphatic heterocycles. The van der Waals surface area contributed by atoms with Gasteiger partial charge in [-0.05, 0) is 41.0 Å². The van der Waals surface area contributed by atoms with Gasteiger partial charge in [-0.1, -0.05) is 55.6 Å². The summed E-state index contributed by atoms with van der Waals surface area (Å²) in [6.07, 6.45) is 14.4. The smallest absolute Gasteiger partial charge is 0.177 e. The SMILES string of the molecule is C=CC[N+]12CC[C@@]34c5ccccc5N5[C@@H]6OC=C7C[N+]8(CC=C)CC[C@]9%10c%11ccccc%11N([C@@H]%11OCC=C(C1)[C@H](C[C@@H]32)[C@@H]%11[C@H]54)[C@H]9[C@H]6[C@H]7C[C@@H]%108. The molecule has 13 rings (SSSR count). The fourth-order valence-corrected chi connectivity index (χ4v) is 16.2. The summed E-state index contributed by atoms with van der Waals surface area (Å²) in [5, 5.41) is 0. The number of rotatable bonds is 4. The monoisotopic (exact) mass is 652 g/mol. The molecule has 0 radical (unpaired) electrons. The summed E-state index contributed by atoms with van der Waals surface area (Å²) in [4.78, 5) is 5.91. The highest BCUT2D eigenvalue weighted by Crippen LogP contribution is 2.72. The van der Waals surface area contributed by atoms with Gasteiger partial charge in [-0.3, -0.25) is 0 Å². The quantitative estimate of drug-likeness (QED) is 0.316. The number of benzene rings is 2. The van der Waals surface area contributed by atoms with E-state index in [2.05, 4.69) is 96.0 Å². The first-order chi connectivity index (χ1) is 24.1. The Hall–Kier alpha value is -3.32. The van der Waals surface area contributed by atoms with Crippen LogP contribution in [0.3, 0.4) is 0 Å². The highest BCUT2D eigenvalue weighted by atomic mass is 16.5. The second-order valence-corrected chi connectivity index (χ2v) is 18.1. The lowest BCUT2D eigenvalue weighted by atomic mass is 9.52. The number of para-hydroxylation sites is 2. The van der Waals surface area contributed by atoms with Gasteiger partial charge in [-0.15, -0.1) is 0 Å². The van der Waals surface area contributed by atoms with Crippen LogP contribution in [0.4, 0.5) is 11.4 Å². The van der Waals surface area contributed by atoms with Gasteiger partial charge in [0.1, 0.15) is 31.4 Å². The Balaban J connectivity index is 1.12. The van der Waals surface area contributed by atoms with Gasteiger partial charge in [-0.2, -0.15) is 0 Å². The van der Waals surface area contributed by atoms with Crippen molar-refractivity contribution >= 4 is 11.4 Å². The number of nitrogens with zero attached hydrogens (tertiary/aromatic N) is 4. The summed E-state index contributed by atoms with van der Waals surface area (Å²) < 4.78 is 17.2. The van der Waals surface area contributed by atoms with E-state index in [1.165, 1.54) is 54.6 Å². The molecule has 49 heavy (non-hydrogen) atoms. The number of hydrogen-bond donors (Lipinski definition) is 0. The van der Waals surface area contributed by atoms with Gasteiger partial charge in [0.05, 0.1) is 62.0 Å². The van der Waals surface area contributed by atoms with Gasteiger partial charge in [0, 0.05) is 66.3 Å². The standard InChI is InChI=1S/C43H48N4O2/c1-3-16-46-18-14-42-31-10-6-8-12-33(31)45-38(42)36-28(21-34(42)46)26(23-46)13-20-48-40(36)44-32-11-7-5-9-30(32)43-15-19-47(17-4-2)24-27-25-49-41(45)37(39(43)44)29(27)22-35(43)47/h3-13,25,28-29,34-41H,1-2,14-24H2/q+2/t28-,29-,34-,35-,36+,37+,38-,39-,40+,41+,42+,43+,46?,47?/m0/s1. The average molecular weight is 653 g/mol. The van der Waals surface area contributed by atoms with E-state index in [9.17, 15) is 0 Å². The normalized spacial score (nSPS) is 50.2. The predicted octanol–water partition coefficient (Wildman–Crippen LogP) is 5.63. The van der Waals surface area contributed by atoms with E-state index in [0.717, 1.165) is 37.3 Å². The molecule has 4 bridgehead atoms. The number of anilines is 2. The lowest BCUT2D eigenvalue weighted by Gasteiger charge is -2.66. The summed E-state index contributed by atoms with van der Waals surface area (Å²) in [6, 6.07) is 21.2. The second kappa shape index (κ2) is 8.58. The van der Waals surface area contributed by atoms with Crippen LogP contribution in [0.15, 0.2) is 97.3 Å². The van der Waals surface area contributed by atoms with Crippen LogP contribution >= 0.6 is 0 Å². The third kappa shape index (κ3) is 2.70. The Morgan fingerprint density at radius 1 is 0.735 bits per heavy atom. The Labute approximate surface area is 290 Å². The maximum absolute atomic E-state index is 7.48. The predicted molar refractivity (Wildman–Crippen MR) is 190 cm³/mol. The van der Waals surface area contributed by atoms with E-state index in [4.69, 9.17) is 9.47 Å². The molecule has 11 aliphatic rings. The van der Waals surface area contributed by atoms with Crippen LogP contribution in [0, 0.1) is 23.7 Å². The van der Waals surface area contributed by atoms with Crippen molar-refractivity contribution in [1.82, 2.24) is 0 Å². The van der Waals surface area contributed by atoms with Crippen LogP contribution in [-0.4, -0.2) is 91.5 Å². The fourth-order valence-electron chi connectivity index (χ4n) is 16.2. The summed E-state index contributed by atoms with van der Waals surface area (Å²) in [7, 11) is 0. The van der Waals surface area contributed by atoms with E-state index in [-0.39, 0.29) is 23.3 Å². The van der Waals surface area contributed by atoms with Gasteiger partial charge in [-0.25, -0.2) is 0 Å². The van der Waals surface area contributed by atoms with Gasteiger partial charge in [0.25, 0.3) is 0 Å². The average Bonchev–Trinajstić information content (AvgIpc) is 3.78. The molecule has 2 aromatic rings. The first-order valence-electron chi connectivity index (χ1n) is 19.4. The number of ether oxygens (including phenoxy) is 2. The van der Waals surface area contributed by atoms with Crippen LogP contribution in [-0.2, 0) is 20.3 Å². The molecular weight excluding hydrogens is 604 g/mol. The van der Waals surface area contributed by atoms with Crippen molar-refractivity contribution < 1.29 is 18.4 Å². The molecule has 0 N–H and O–H groups in total. The minimum atomic E-state index is 0.0243. The Bertz CT molecular complexity index is 1950. The van der Waals surface area contributed by atoms with Crippen LogP contribution in [0.25, 0.3) is 0 Å². The molecule has 0 aromatic heterocycles. The molecule has 5 saturated heterocycles. The van der Waals surface area contributed by atoms with Crippen LogP contribution < -0.4 is 9.80 Å². The Morgan fingerprint density at radius 3 is 1.92 bits per heavy atom. The Kier molecular flexibility index (Phi) is 4.80. The molecule has 6 nitrogen and oxygen atoms in total. The topological polar surface area (TPSA) is 24.9 Å². The Morgan fingerprint density at radius 2 is 1.29 bits per heavy atom. The lowest BCUT2D eigenvalue weighted by molar-refractivity contribution is -0.938. The molecular formula is C43H48N4O2+2. The van der Waals surface area contributed by atoms with Crippen LogP contribution in [0.5, 0.6) is 0 Å². The van der Waals surface area contributed by atoms with Crippen molar-refractivity contribution in [2.75, 3.05) is 55.7 Å². The summed E-state index contributed by atoms with van der Waals surface area (Å²) in [5.41, 5.74) is 9.58. The van der Waals surface area contributed by atoms with Gasteiger partial charge in [0.2, 0.25) is 0 Å². The van der Waals surface area contributed by atoms with E-state index in [1.807, 2.05) is 0 Å². The van der Waals surface area contributed by atoms with Crippen LogP contribution in [0.1, 0.15) is 36.8 Å². The molecule has 6 heteroatoms. The van der Waals surface area contributed by atoms with E-state index < -0.39 is 0 Å². The molecule has 9 heterocycles. The van der Waals surface area contributed by atoms with Crippen LogP contribution in [0.2, 0.25) is 0 Å². The molecule has 7 fully saturated rings. The maximum atomic E-state index is 7.48. The third-order valence-electron chi connectivity index (χ3n) is 17.2. The third-order valence-corrected chi connectivity index (χ3v) is 17.2. The zero-order valence-corrected chi connectivity index (χ0v) is 28.5. The largest absolute Gasteiger partial charge is 0.478 e. The number of fused-ring (bicyclic) bond motifs is 6. The summed E-state index contributed by atoms with van der Waals surface area (Å²) in [5.74, 6) is 1.82. The lowest BCUT2D eigenvalue weighted by Crippen LogP contribution is -2.79. The second-order valence-electron chi connectivity index (χ2n) is 18.1. The molecule has 2 unspecified atom stereocenters. The molecule has 250 valence electrons. The van der Waals surface area contributed by atoms with E-state index >= 15 is 0 Å². The van der Waals surface area contributed by atoms with Gasteiger partial charge >= 0.3 is 0 Å². The van der Waals surface area contributed by atoms with E-state index in [1.54, 1.807) is 22.3 Å². The van der Waals surface area contributed by atoms with Crippen molar-refractivity contribution in [3.05, 3.63) is 108 Å². The molecule has 2 aliphatic carbocycles. The fraction of sp³-hybridized carbons (Fsp3) is 0.535.